The molecular formula is C50H77N7O9. The number of hydrogen-bond donors (Lipinski definition) is 8. The van der Waals surface area contributed by atoms with E-state index < -0.39 is 78.0 Å². The summed E-state index contributed by atoms with van der Waals surface area (Å²) in [4.78, 5) is 101. The van der Waals surface area contributed by atoms with Crippen LogP contribution in [0.25, 0.3) is 0 Å². The van der Waals surface area contributed by atoms with Gasteiger partial charge >= 0.3 is 5.97 Å². The Hall–Kier alpha value is -5.80. The molecule has 66 heavy (non-hydrogen) atoms. The first kappa shape index (κ1) is 56.3. The number of nitrogens with one attached hydrogen (secondary N) is 5. The number of carboxylic acids is 1. The minimum atomic E-state index is -1.24. The van der Waals surface area contributed by atoms with E-state index in [-0.39, 0.29) is 31.1 Å². The Labute approximate surface area is 391 Å². The normalized spacial score (nSPS) is 13.7. The Bertz CT molecular complexity index is 1800. The zero-order valence-corrected chi connectivity index (χ0v) is 39.5. The average molecular weight is 920 g/mol. The summed E-state index contributed by atoms with van der Waals surface area (Å²) in [5.41, 5.74) is 12.6. The predicted octanol–water partition coefficient (Wildman–Crippen LogP) is 5.04. The van der Waals surface area contributed by atoms with Crippen LogP contribution in [0, 0.1) is 5.92 Å². The SMILES string of the molecule is CCCCC(NC(=O)CCCCCCCCCCCCCCC(=O)N[C@H](CC(=O)N[C@@H](Cc1ccccc1)C(=O)O)C(N)=O)C(=O)N[C@@H](C(=O)N[C@@H](Cc1ccccc1)C(N)=O)C(C)CC. The molecule has 366 valence electrons. The smallest absolute Gasteiger partial charge is 0.326 e. The molecule has 0 heterocycles. The molecule has 7 amide bonds. The maximum absolute atomic E-state index is 13.5. The molecule has 0 aliphatic carbocycles. The van der Waals surface area contributed by atoms with Crippen LogP contribution in [0.3, 0.4) is 0 Å². The number of unbranched alkanes of at least 4 members (excludes halogenated alkanes) is 12. The molecule has 2 aromatic rings. The van der Waals surface area contributed by atoms with Gasteiger partial charge in [0.2, 0.25) is 41.4 Å². The second-order valence-electron chi connectivity index (χ2n) is 17.4. The topological polar surface area (TPSA) is 269 Å². The first-order chi connectivity index (χ1) is 31.6. The number of rotatable bonds is 36. The van der Waals surface area contributed by atoms with Crippen LogP contribution >= 0.6 is 0 Å². The van der Waals surface area contributed by atoms with Crippen LogP contribution in [0.5, 0.6) is 0 Å². The molecule has 0 bridgehead atoms. The minimum Gasteiger partial charge on any atom is -0.480 e. The second-order valence-corrected chi connectivity index (χ2v) is 17.4. The van der Waals surface area contributed by atoms with Gasteiger partial charge in [0, 0.05) is 25.7 Å². The summed E-state index contributed by atoms with van der Waals surface area (Å²) in [5.74, 6) is -5.21. The van der Waals surface area contributed by atoms with Crippen LogP contribution in [0.2, 0.25) is 0 Å². The fourth-order valence-electron chi connectivity index (χ4n) is 7.55. The lowest BCUT2D eigenvalue weighted by molar-refractivity contribution is -0.142. The molecule has 0 saturated carbocycles. The van der Waals surface area contributed by atoms with E-state index >= 15 is 0 Å². The molecule has 10 N–H and O–H groups in total. The Morgan fingerprint density at radius 3 is 1.35 bits per heavy atom. The van der Waals surface area contributed by atoms with Gasteiger partial charge in [0.25, 0.3) is 0 Å². The van der Waals surface area contributed by atoms with Crippen molar-refractivity contribution in [2.45, 2.75) is 186 Å². The van der Waals surface area contributed by atoms with Gasteiger partial charge in [0.05, 0.1) is 6.42 Å². The zero-order chi connectivity index (χ0) is 48.7. The number of carbonyl (C=O) groups excluding carboxylic acids is 7. The van der Waals surface area contributed by atoms with Crippen molar-refractivity contribution in [2.24, 2.45) is 17.4 Å². The molecule has 0 aliphatic rings. The molecule has 2 rings (SSSR count). The monoisotopic (exact) mass is 920 g/mol. The first-order valence-corrected chi connectivity index (χ1v) is 24.0. The van der Waals surface area contributed by atoms with Gasteiger partial charge in [0.1, 0.15) is 30.2 Å². The van der Waals surface area contributed by atoms with Crippen LogP contribution in [0.15, 0.2) is 60.7 Å². The summed E-state index contributed by atoms with van der Waals surface area (Å²) in [6, 6.07) is 13.0. The molecule has 2 aromatic carbocycles. The van der Waals surface area contributed by atoms with Crippen molar-refractivity contribution < 1.29 is 43.5 Å². The lowest BCUT2D eigenvalue weighted by Crippen LogP contribution is -2.58. The van der Waals surface area contributed by atoms with E-state index in [0.717, 1.165) is 88.2 Å². The van der Waals surface area contributed by atoms with Crippen LogP contribution in [-0.2, 0) is 51.2 Å². The molecule has 0 saturated heterocycles. The van der Waals surface area contributed by atoms with Gasteiger partial charge in [-0.25, -0.2) is 4.79 Å². The highest BCUT2D eigenvalue weighted by Gasteiger charge is 2.32. The molecule has 2 unspecified atom stereocenters. The van der Waals surface area contributed by atoms with E-state index in [0.29, 0.717) is 32.1 Å². The van der Waals surface area contributed by atoms with E-state index in [9.17, 15) is 43.5 Å². The summed E-state index contributed by atoms with van der Waals surface area (Å²) >= 11 is 0. The number of carboxylic acid groups (broad SMARTS) is 1. The third-order valence-electron chi connectivity index (χ3n) is 11.8. The lowest BCUT2D eigenvalue weighted by Gasteiger charge is -2.28. The summed E-state index contributed by atoms with van der Waals surface area (Å²) in [6.07, 6.45) is 14.5. The number of nitrogens with two attached hydrogens (primary N) is 2. The molecule has 0 aliphatic heterocycles. The summed E-state index contributed by atoms with van der Waals surface area (Å²) in [7, 11) is 0. The van der Waals surface area contributed by atoms with Crippen LogP contribution in [0.1, 0.15) is 154 Å². The maximum atomic E-state index is 13.5. The Kier molecular flexibility index (Phi) is 28.0. The molecule has 0 fully saturated rings. The van der Waals surface area contributed by atoms with Gasteiger partial charge in [0.15, 0.2) is 0 Å². The van der Waals surface area contributed by atoms with Gasteiger partial charge in [-0.3, -0.25) is 33.6 Å². The molecule has 6 atom stereocenters. The number of primary amides is 2. The fraction of sp³-hybridized carbons (Fsp3) is 0.600. The Morgan fingerprint density at radius 2 is 0.924 bits per heavy atom. The summed E-state index contributed by atoms with van der Waals surface area (Å²) in [6.45, 7) is 5.77. The lowest BCUT2D eigenvalue weighted by atomic mass is 9.96. The maximum Gasteiger partial charge on any atom is 0.326 e. The highest BCUT2D eigenvalue weighted by atomic mass is 16.4. The number of carbonyl (C=O) groups is 8. The molecule has 16 heteroatoms. The first-order valence-electron chi connectivity index (χ1n) is 24.0. The molecule has 16 nitrogen and oxygen atoms in total. The average Bonchev–Trinajstić information content (AvgIpc) is 3.29. The number of amides is 7. The largest absolute Gasteiger partial charge is 0.480 e. The van der Waals surface area contributed by atoms with E-state index in [4.69, 9.17) is 11.5 Å². The van der Waals surface area contributed by atoms with Crippen molar-refractivity contribution in [2.75, 3.05) is 0 Å². The van der Waals surface area contributed by atoms with Gasteiger partial charge in [-0.2, -0.15) is 0 Å². The molecular weight excluding hydrogens is 843 g/mol. The molecule has 0 aromatic heterocycles. The number of benzene rings is 2. The third-order valence-corrected chi connectivity index (χ3v) is 11.8. The summed E-state index contributed by atoms with van der Waals surface area (Å²) in [5, 5.41) is 23.0. The quantitative estimate of drug-likeness (QED) is 0.0425. The van der Waals surface area contributed by atoms with Crippen molar-refractivity contribution >= 4 is 47.3 Å². The van der Waals surface area contributed by atoms with Crippen molar-refractivity contribution in [3.63, 3.8) is 0 Å². The fourth-order valence-corrected chi connectivity index (χ4v) is 7.55. The van der Waals surface area contributed by atoms with Crippen LogP contribution in [-0.4, -0.2) is 82.6 Å². The van der Waals surface area contributed by atoms with E-state index in [1.54, 1.807) is 30.3 Å². The zero-order valence-electron chi connectivity index (χ0n) is 39.5. The highest BCUT2D eigenvalue weighted by Crippen LogP contribution is 2.15. The number of hydrogen-bond acceptors (Lipinski definition) is 8. The van der Waals surface area contributed by atoms with Gasteiger partial charge in [-0.15, -0.1) is 0 Å². The molecule has 0 radical (unpaired) electrons. The summed E-state index contributed by atoms with van der Waals surface area (Å²) < 4.78 is 0. The van der Waals surface area contributed by atoms with Crippen LogP contribution in [0.4, 0.5) is 0 Å². The van der Waals surface area contributed by atoms with Crippen LogP contribution < -0.4 is 38.1 Å². The van der Waals surface area contributed by atoms with Gasteiger partial charge < -0.3 is 43.2 Å². The van der Waals surface area contributed by atoms with Crippen molar-refractivity contribution in [1.29, 1.82) is 0 Å². The van der Waals surface area contributed by atoms with Crippen molar-refractivity contribution in [3.05, 3.63) is 71.8 Å². The van der Waals surface area contributed by atoms with Gasteiger partial charge in [-0.05, 0) is 36.3 Å². The molecule has 0 spiro atoms. The van der Waals surface area contributed by atoms with Crippen molar-refractivity contribution in [1.82, 2.24) is 26.6 Å². The Morgan fingerprint density at radius 1 is 0.500 bits per heavy atom. The van der Waals surface area contributed by atoms with Crippen molar-refractivity contribution in [3.8, 4) is 0 Å². The van der Waals surface area contributed by atoms with E-state index in [2.05, 4.69) is 26.6 Å². The Balaban J connectivity index is 1.61. The van der Waals surface area contributed by atoms with Gasteiger partial charge in [-0.1, -0.05) is 165 Å². The predicted molar refractivity (Wildman–Crippen MR) is 254 cm³/mol. The second kappa shape index (κ2) is 32.8. The highest BCUT2D eigenvalue weighted by molar-refractivity contribution is 5.94. The minimum absolute atomic E-state index is 0.0679. The third kappa shape index (κ3) is 23.9. The van der Waals surface area contributed by atoms with E-state index in [1.165, 1.54) is 0 Å². The number of aliphatic carboxylic acids is 1. The standard InChI is InChI=1S/C50H77N7O9/c1-4-6-29-38(48(63)57-45(35(3)5-2)49(64)56-39(46(51)61)32-36-25-19-17-20-26-36)53-42(58)30-23-15-13-11-9-7-8-10-12-14-16-24-31-43(59)54-40(47(52)62)34-44(60)55-41(50(65)66)33-37-27-21-18-22-28-37/h17-22,25-28,35,38-41,45H,4-16,23-24,29-34H2,1-3H3,(H2,51,61)(H2,52,62)(H,53,58)(H,54,59)(H,55,60)(H,56,64)(H,57,63)(H,65,66)/t35?,38?,39-,40+,41-,45+/m0/s1. The van der Waals surface area contributed by atoms with E-state index in [1.807, 2.05) is 51.1 Å².